The Kier molecular flexibility index (Phi) is 2.26. The maximum absolute atomic E-state index is 11.1. The Bertz CT molecular complexity index is 528. The van der Waals surface area contributed by atoms with Crippen LogP contribution in [0.1, 0.15) is 18.3 Å². The van der Waals surface area contributed by atoms with E-state index < -0.39 is 0 Å². The fourth-order valence-corrected chi connectivity index (χ4v) is 1.65. The SMILES string of the molecule is CC(=O)Cc1ccnc2c1nc(C)n2C. The van der Waals surface area contributed by atoms with Gasteiger partial charge in [-0.05, 0) is 25.5 Å². The quantitative estimate of drug-likeness (QED) is 0.741. The minimum Gasteiger partial charge on any atom is -0.316 e. The molecule has 0 unspecified atom stereocenters. The van der Waals surface area contributed by atoms with E-state index in [9.17, 15) is 4.79 Å². The summed E-state index contributed by atoms with van der Waals surface area (Å²) >= 11 is 0. The number of hydrogen-bond acceptors (Lipinski definition) is 3. The van der Waals surface area contributed by atoms with E-state index in [-0.39, 0.29) is 5.78 Å². The molecule has 0 N–H and O–H groups in total. The summed E-state index contributed by atoms with van der Waals surface area (Å²) < 4.78 is 1.93. The largest absolute Gasteiger partial charge is 0.316 e. The van der Waals surface area contributed by atoms with Crippen LogP contribution in [-0.4, -0.2) is 20.3 Å². The maximum Gasteiger partial charge on any atom is 0.160 e. The number of carbonyl (C=O) groups excluding carboxylic acids is 1. The van der Waals surface area contributed by atoms with E-state index >= 15 is 0 Å². The van der Waals surface area contributed by atoms with Gasteiger partial charge in [0.05, 0.1) is 0 Å². The Morgan fingerprint density at radius 1 is 1.53 bits per heavy atom. The lowest BCUT2D eigenvalue weighted by Gasteiger charge is -1.99. The standard InChI is InChI=1S/C11H13N3O/c1-7(15)6-9-4-5-12-11-10(9)13-8(2)14(11)3/h4-5H,6H2,1-3H3. The molecule has 2 rings (SSSR count). The molecule has 0 saturated carbocycles. The molecule has 4 nitrogen and oxygen atoms in total. The molecule has 15 heavy (non-hydrogen) atoms. The number of hydrogen-bond donors (Lipinski definition) is 0. The molecule has 0 atom stereocenters. The number of aryl methyl sites for hydroxylation is 2. The zero-order valence-electron chi connectivity index (χ0n) is 9.11. The predicted octanol–water partition coefficient (Wildman–Crippen LogP) is 1.41. The Morgan fingerprint density at radius 2 is 2.27 bits per heavy atom. The molecule has 0 bridgehead atoms. The average molecular weight is 203 g/mol. The Balaban J connectivity index is 2.65. The van der Waals surface area contributed by atoms with E-state index in [1.807, 2.05) is 24.6 Å². The zero-order valence-corrected chi connectivity index (χ0v) is 9.11. The van der Waals surface area contributed by atoms with Crippen LogP contribution in [0.3, 0.4) is 0 Å². The lowest BCUT2D eigenvalue weighted by molar-refractivity contribution is -0.116. The molecule has 2 heterocycles. The molecule has 0 amide bonds. The molecule has 0 aromatic carbocycles. The number of Topliss-reactive ketones (excluding diaryl/α,β-unsaturated/α-hetero) is 1. The Morgan fingerprint density at radius 3 is 2.93 bits per heavy atom. The number of rotatable bonds is 2. The zero-order chi connectivity index (χ0) is 11.0. The number of ketones is 1. The third-order valence-corrected chi connectivity index (χ3v) is 2.50. The van der Waals surface area contributed by atoms with Gasteiger partial charge in [-0.15, -0.1) is 0 Å². The second kappa shape index (κ2) is 3.46. The molecule has 78 valence electrons. The molecule has 0 fully saturated rings. The lowest BCUT2D eigenvalue weighted by atomic mass is 10.1. The van der Waals surface area contributed by atoms with Crippen molar-refractivity contribution in [1.29, 1.82) is 0 Å². The topological polar surface area (TPSA) is 47.8 Å². The van der Waals surface area contributed by atoms with E-state index in [1.54, 1.807) is 13.1 Å². The highest BCUT2D eigenvalue weighted by Gasteiger charge is 2.10. The van der Waals surface area contributed by atoms with Gasteiger partial charge >= 0.3 is 0 Å². The van der Waals surface area contributed by atoms with E-state index in [0.717, 1.165) is 22.6 Å². The molecule has 2 aromatic heterocycles. The molecule has 0 spiro atoms. The van der Waals surface area contributed by atoms with Crippen LogP contribution in [-0.2, 0) is 18.3 Å². The van der Waals surface area contributed by atoms with Gasteiger partial charge < -0.3 is 4.57 Å². The minimum atomic E-state index is 0.144. The van der Waals surface area contributed by atoms with Crippen molar-refractivity contribution in [2.24, 2.45) is 7.05 Å². The van der Waals surface area contributed by atoms with Crippen molar-refractivity contribution >= 4 is 16.9 Å². The average Bonchev–Trinajstić information content (AvgIpc) is 2.45. The van der Waals surface area contributed by atoms with E-state index in [0.29, 0.717) is 6.42 Å². The molecular weight excluding hydrogens is 190 g/mol. The van der Waals surface area contributed by atoms with Crippen LogP contribution >= 0.6 is 0 Å². The van der Waals surface area contributed by atoms with Gasteiger partial charge in [-0.3, -0.25) is 4.79 Å². The first-order valence-corrected chi connectivity index (χ1v) is 4.86. The molecule has 0 aliphatic rings. The highest BCUT2D eigenvalue weighted by Crippen LogP contribution is 2.16. The molecule has 4 heteroatoms. The van der Waals surface area contributed by atoms with Gasteiger partial charge in [0.25, 0.3) is 0 Å². The summed E-state index contributed by atoms with van der Waals surface area (Å²) in [6.07, 6.45) is 2.15. The third-order valence-electron chi connectivity index (χ3n) is 2.50. The first-order valence-electron chi connectivity index (χ1n) is 4.86. The normalized spacial score (nSPS) is 10.9. The van der Waals surface area contributed by atoms with Gasteiger partial charge in [0, 0.05) is 19.7 Å². The van der Waals surface area contributed by atoms with Gasteiger partial charge in [0.15, 0.2) is 5.65 Å². The van der Waals surface area contributed by atoms with E-state index in [1.165, 1.54) is 0 Å². The Labute approximate surface area is 88.0 Å². The van der Waals surface area contributed by atoms with Gasteiger partial charge in [-0.2, -0.15) is 0 Å². The van der Waals surface area contributed by atoms with Crippen molar-refractivity contribution < 1.29 is 4.79 Å². The summed E-state index contributed by atoms with van der Waals surface area (Å²) in [7, 11) is 1.93. The highest BCUT2D eigenvalue weighted by atomic mass is 16.1. The van der Waals surface area contributed by atoms with Crippen LogP contribution < -0.4 is 0 Å². The maximum atomic E-state index is 11.1. The monoisotopic (exact) mass is 203 g/mol. The number of aromatic nitrogens is 3. The fraction of sp³-hybridized carbons (Fsp3) is 0.364. The third kappa shape index (κ3) is 1.63. The van der Waals surface area contributed by atoms with Crippen molar-refractivity contribution in [2.45, 2.75) is 20.3 Å². The number of pyridine rings is 1. The van der Waals surface area contributed by atoms with Crippen LogP contribution in [0.5, 0.6) is 0 Å². The molecule has 0 aliphatic carbocycles. The molecule has 0 aliphatic heterocycles. The summed E-state index contributed by atoms with van der Waals surface area (Å²) in [6, 6.07) is 1.86. The van der Waals surface area contributed by atoms with Crippen molar-refractivity contribution in [3.63, 3.8) is 0 Å². The van der Waals surface area contributed by atoms with Crippen LogP contribution in [0.15, 0.2) is 12.3 Å². The predicted molar refractivity (Wildman–Crippen MR) is 57.6 cm³/mol. The molecular formula is C11H13N3O. The summed E-state index contributed by atoms with van der Waals surface area (Å²) in [6.45, 7) is 3.52. The van der Waals surface area contributed by atoms with Crippen LogP contribution in [0.4, 0.5) is 0 Å². The smallest absolute Gasteiger partial charge is 0.160 e. The van der Waals surface area contributed by atoms with Crippen LogP contribution in [0.2, 0.25) is 0 Å². The Hall–Kier alpha value is -1.71. The fourth-order valence-electron chi connectivity index (χ4n) is 1.65. The van der Waals surface area contributed by atoms with Crippen molar-refractivity contribution in [2.75, 3.05) is 0 Å². The second-order valence-corrected chi connectivity index (χ2v) is 3.74. The highest BCUT2D eigenvalue weighted by molar-refractivity contribution is 5.84. The minimum absolute atomic E-state index is 0.144. The van der Waals surface area contributed by atoms with Gasteiger partial charge in [0.1, 0.15) is 17.1 Å². The molecule has 2 aromatic rings. The molecule has 0 radical (unpaired) electrons. The van der Waals surface area contributed by atoms with Gasteiger partial charge in [-0.1, -0.05) is 0 Å². The summed E-state index contributed by atoms with van der Waals surface area (Å²) in [5.74, 6) is 1.05. The van der Waals surface area contributed by atoms with E-state index in [4.69, 9.17) is 0 Å². The van der Waals surface area contributed by atoms with Crippen molar-refractivity contribution in [3.8, 4) is 0 Å². The van der Waals surface area contributed by atoms with Crippen molar-refractivity contribution in [3.05, 3.63) is 23.7 Å². The number of carbonyl (C=O) groups is 1. The summed E-state index contributed by atoms with van der Waals surface area (Å²) in [5.41, 5.74) is 2.63. The number of nitrogens with zero attached hydrogens (tertiary/aromatic N) is 3. The first kappa shape index (κ1) is 9.83. The van der Waals surface area contributed by atoms with E-state index in [2.05, 4.69) is 9.97 Å². The summed E-state index contributed by atoms with van der Waals surface area (Å²) in [5, 5.41) is 0. The second-order valence-electron chi connectivity index (χ2n) is 3.74. The molecule has 0 saturated heterocycles. The van der Waals surface area contributed by atoms with Gasteiger partial charge in [0.2, 0.25) is 0 Å². The van der Waals surface area contributed by atoms with Crippen LogP contribution in [0.25, 0.3) is 11.2 Å². The summed E-state index contributed by atoms with van der Waals surface area (Å²) in [4.78, 5) is 19.8. The van der Waals surface area contributed by atoms with Crippen LogP contribution in [0, 0.1) is 6.92 Å². The first-order chi connectivity index (χ1) is 7.09. The number of fused-ring (bicyclic) bond motifs is 1. The van der Waals surface area contributed by atoms with Crippen molar-refractivity contribution in [1.82, 2.24) is 14.5 Å². The van der Waals surface area contributed by atoms with Gasteiger partial charge in [-0.25, -0.2) is 9.97 Å². The number of imidazole rings is 1. The lowest BCUT2D eigenvalue weighted by Crippen LogP contribution is -1.98.